The van der Waals surface area contributed by atoms with E-state index in [-0.39, 0.29) is 16.0 Å². The number of nitrogens with two attached hydrogens (primary N) is 1. The molecule has 0 heterocycles. The van der Waals surface area contributed by atoms with Gasteiger partial charge in [-0.25, -0.2) is 13.1 Å². The maximum atomic E-state index is 12.5. The van der Waals surface area contributed by atoms with Crippen LogP contribution < -0.4 is 10.5 Å². The van der Waals surface area contributed by atoms with Crippen LogP contribution in [0.15, 0.2) is 23.1 Å². The van der Waals surface area contributed by atoms with Gasteiger partial charge >= 0.3 is 0 Å². The highest BCUT2D eigenvalue weighted by atomic mass is 35.5. The first-order valence-corrected chi connectivity index (χ1v) is 9.38. The zero-order valence-electron chi connectivity index (χ0n) is 11.6. The molecule has 0 aliphatic heterocycles. The second-order valence-corrected chi connectivity index (χ2v) is 8.69. The average Bonchev–Trinajstić information content (AvgIpc) is 2.85. The lowest BCUT2D eigenvalue weighted by molar-refractivity contribution is 0.456. The minimum absolute atomic E-state index is 0.131. The molecule has 1 aromatic carbocycles. The molecule has 4 unspecified atom stereocenters. The van der Waals surface area contributed by atoms with Crippen molar-refractivity contribution >= 4 is 21.6 Å². The normalized spacial score (nSPS) is 36.8. The molecule has 3 aliphatic carbocycles. The van der Waals surface area contributed by atoms with E-state index in [0.717, 1.165) is 17.4 Å². The zero-order valence-corrected chi connectivity index (χ0v) is 13.2. The van der Waals surface area contributed by atoms with Crippen LogP contribution in [0.3, 0.4) is 0 Å². The van der Waals surface area contributed by atoms with Crippen molar-refractivity contribution < 1.29 is 8.42 Å². The lowest BCUT2D eigenvalue weighted by Crippen LogP contribution is -2.30. The number of hydrogen-bond donors (Lipinski definition) is 2. The van der Waals surface area contributed by atoms with Gasteiger partial charge < -0.3 is 5.73 Å². The minimum Gasteiger partial charge on any atom is -0.326 e. The number of sulfonamides is 1. The molecule has 6 heteroatoms. The van der Waals surface area contributed by atoms with Crippen LogP contribution in [0.25, 0.3) is 0 Å². The van der Waals surface area contributed by atoms with Crippen LogP contribution in [-0.2, 0) is 16.6 Å². The molecule has 2 bridgehead atoms. The second-order valence-electron chi connectivity index (χ2n) is 6.60. The van der Waals surface area contributed by atoms with Crippen molar-refractivity contribution in [3.8, 4) is 0 Å². The first-order valence-electron chi connectivity index (χ1n) is 7.52. The topological polar surface area (TPSA) is 72.2 Å². The van der Waals surface area contributed by atoms with Gasteiger partial charge in [-0.15, -0.1) is 0 Å². The van der Waals surface area contributed by atoms with Gasteiger partial charge in [0.2, 0.25) is 10.0 Å². The summed E-state index contributed by atoms with van der Waals surface area (Å²) in [4.78, 5) is 0.165. The van der Waals surface area contributed by atoms with E-state index in [1.807, 2.05) is 0 Å². The number of benzene rings is 1. The summed E-state index contributed by atoms with van der Waals surface area (Å²) in [5.74, 6) is 2.62. The summed E-state index contributed by atoms with van der Waals surface area (Å²) in [5.41, 5.74) is 6.38. The number of halogens is 1. The van der Waals surface area contributed by atoms with Crippen LogP contribution in [0.4, 0.5) is 0 Å². The van der Waals surface area contributed by atoms with E-state index in [9.17, 15) is 8.42 Å². The smallest absolute Gasteiger partial charge is 0.242 e. The van der Waals surface area contributed by atoms with E-state index in [1.54, 1.807) is 18.2 Å². The molecule has 4 nitrogen and oxygen atoms in total. The van der Waals surface area contributed by atoms with Crippen molar-refractivity contribution in [2.75, 3.05) is 0 Å². The van der Waals surface area contributed by atoms with Gasteiger partial charge in [-0.1, -0.05) is 17.7 Å². The molecule has 0 aromatic heterocycles. The summed E-state index contributed by atoms with van der Waals surface area (Å²) >= 11 is 6.11. The van der Waals surface area contributed by atoms with Crippen molar-refractivity contribution in [3.63, 3.8) is 0 Å². The van der Waals surface area contributed by atoms with Gasteiger partial charge in [-0.2, -0.15) is 0 Å². The third-order valence-corrected chi connectivity index (χ3v) is 7.49. The molecule has 3 N–H and O–H groups in total. The van der Waals surface area contributed by atoms with Gasteiger partial charge in [0.15, 0.2) is 0 Å². The van der Waals surface area contributed by atoms with Gasteiger partial charge in [0.25, 0.3) is 0 Å². The van der Waals surface area contributed by atoms with E-state index in [1.165, 1.54) is 19.3 Å². The Bertz CT molecular complexity index is 675. The lowest BCUT2D eigenvalue weighted by Gasteiger charge is -2.12. The summed E-state index contributed by atoms with van der Waals surface area (Å²) in [5, 5.41) is 0.249. The summed E-state index contributed by atoms with van der Waals surface area (Å²) < 4.78 is 28.0. The van der Waals surface area contributed by atoms with E-state index in [0.29, 0.717) is 18.4 Å². The van der Waals surface area contributed by atoms with Crippen molar-refractivity contribution in [1.29, 1.82) is 0 Å². The fourth-order valence-corrected chi connectivity index (χ4v) is 6.49. The lowest BCUT2D eigenvalue weighted by atomic mass is 10.0. The number of fused-ring (bicyclic) bond motifs is 5. The van der Waals surface area contributed by atoms with Crippen molar-refractivity contribution in [2.45, 2.75) is 36.7 Å². The quantitative estimate of drug-likeness (QED) is 0.890. The maximum absolute atomic E-state index is 12.5. The van der Waals surface area contributed by atoms with Gasteiger partial charge in [0, 0.05) is 12.6 Å². The third-order valence-electron chi connectivity index (χ3n) is 5.55. The van der Waals surface area contributed by atoms with Gasteiger partial charge in [0.05, 0.1) is 5.02 Å². The first kappa shape index (κ1) is 14.0. The Morgan fingerprint density at radius 2 is 1.90 bits per heavy atom. The van der Waals surface area contributed by atoms with Crippen molar-refractivity contribution in [1.82, 2.24) is 4.72 Å². The minimum atomic E-state index is -3.54. The van der Waals surface area contributed by atoms with Crippen molar-refractivity contribution in [2.24, 2.45) is 29.4 Å². The predicted octanol–water partition coefficient (Wildman–Crippen LogP) is 2.12. The highest BCUT2D eigenvalue weighted by Crippen LogP contribution is 2.65. The highest BCUT2D eigenvalue weighted by Gasteiger charge is 2.65. The highest BCUT2D eigenvalue weighted by molar-refractivity contribution is 7.89. The fraction of sp³-hybridized carbons (Fsp3) is 0.600. The molecular weight excluding hydrogens is 308 g/mol. The molecule has 21 heavy (non-hydrogen) atoms. The van der Waals surface area contributed by atoms with E-state index >= 15 is 0 Å². The third kappa shape index (κ3) is 2.13. The summed E-state index contributed by atoms with van der Waals surface area (Å²) in [6, 6.07) is 5.04. The average molecular weight is 327 g/mol. The number of rotatable bonds is 4. The van der Waals surface area contributed by atoms with E-state index in [4.69, 9.17) is 17.3 Å². The molecule has 0 saturated heterocycles. The molecule has 0 amide bonds. The Morgan fingerprint density at radius 1 is 1.24 bits per heavy atom. The van der Waals surface area contributed by atoms with Crippen LogP contribution in [0, 0.1) is 23.7 Å². The number of hydrogen-bond acceptors (Lipinski definition) is 3. The predicted molar refractivity (Wildman–Crippen MR) is 81.3 cm³/mol. The Labute approximate surface area is 130 Å². The van der Waals surface area contributed by atoms with Gasteiger partial charge in [-0.05, 0) is 60.6 Å². The molecule has 3 aliphatic rings. The largest absolute Gasteiger partial charge is 0.326 e. The summed E-state index contributed by atoms with van der Waals surface area (Å²) in [6.45, 7) is 0.351. The monoisotopic (exact) mass is 326 g/mol. The van der Waals surface area contributed by atoms with Crippen LogP contribution >= 0.6 is 11.6 Å². The summed E-state index contributed by atoms with van der Waals surface area (Å²) in [7, 11) is -3.54. The van der Waals surface area contributed by atoms with E-state index < -0.39 is 10.0 Å². The zero-order chi connectivity index (χ0) is 14.8. The summed E-state index contributed by atoms with van der Waals surface area (Å²) in [6.07, 6.45) is 3.85. The fourth-order valence-electron chi connectivity index (χ4n) is 4.62. The van der Waals surface area contributed by atoms with Crippen LogP contribution in [0.1, 0.15) is 24.8 Å². The van der Waals surface area contributed by atoms with Crippen molar-refractivity contribution in [3.05, 3.63) is 28.8 Å². The van der Waals surface area contributed by atoms with Crippen LogP contribution in [0.5, 0.6) is 0 Å². The molecule has 4 atom stereocenters. The Hall–Kier alpha value is -0.620. The first-order chi connectivity index (χ1) is 10.0. The second kappa shape index (κ2) is 4.69. The standard InChI is InChI=1S/C15H19ClN2O2S/c16-11-5-8(7-17)1-4-12(11)21(19,20)18-15-13-9-2-3-10(6-9)14(13)15/h1,4-5,9-10,13-15,18H,2-3,6-7,17H2. The molecule has 0 radical (unpaired) electrons. The Morgan fingerprint density at radius 3 is 2.48 bits per heavy atom. The van der Waals surface area contributed by atoms with Gasteiger partial charge in [-0.3, -0.25) is 0 Å². The molecular formula is C15H19ClN2O2S. The van der Waals surface area contributed by atoms with E-state index in [2.05, 4.69) is 4.72 Å². The van der Waals surface area contributed by atoms with Crippen LogP contribution in [-0.4, -0.2) is 14.5 Å². The molecule has 4 rings (SSSR count). The maximum Gasteiger partial charge on any atom is 0.242 e. The number of nitrogens with one attached hydrogen (secondary N) is 1. The molecule has 3 fully saturated rings. The Kier molecular flexibility index (Phi) is 3.12. The molecule has 3 saturated carbocycles. The molecule has 0 spiro atoms. The SMILES string of the molecule is NCc1ccc(S(=O)(=O)NC2C3C4CCC(C4)C23)c(Cl)c1. The molecule has 1 aromatic rings. The van der Waals surface area contributed by atoms with Crippen LogP contribution in [0.2, 0.25) is 5.02 Å². The van der Waals surface area contributed by atoms with Gasteiger partial charge in [0.1, 0.15) is 4.90 Å². The molecule has 114 valence electrons. The Balaban J connectivity index is 1.55.